The zero-order valence-corrected chi connectivity index (χ0v) is 16.4. The quantitative estimate of drug-likeness (QED) is 0.190. The summed E-state index contributed by atoms with van der Waals surface area (Å²) in [4.78, 5) is 33.2. The molecule has 0 atom stereocenters. The molecule has 0 radical (unpaired) electrons. The Kier molecular flexibility index (Phi) is 5.97. The molecule has 32 heavy (non-hydrogen) atoms. The molecule has 0 fully saturated rings. The van der Waals surface area contributed by atoms with Gasteiger partial charge in [0.2, 0.25) is 0 Å². The molecule has 11 nitrogen and oxygen atoms in total. The van der Waals surface area contributed by atoms with Gasteiger partial charge in [-0.25, -0.2) is 0 Å². The van der Waals surface area contributed by atoms with Crippen LogP contribution in [0.4, 0.5) is 17.1 Å². The van der Waals surface area contributed by atoms with E-state index in [2.05, 4.69) is 5.32 Å². The van der Waals surface area contributed by atoms with Crippen LogP contribution in [0.3, 0.4) is 0 Å². The SMILES string of the molecule is Cc1ccc(-c2ccc(/C=C(\C#N)C(=O)Nc3ccc([N+](=O)[O-])cc3O)o2)c([N+](=O)[O-])c1. The lowest BCUT2D eigenvalue weighted by molar-refractivity contribution is -0.385. The Labute approximate surface area is 180 Å². The molecule has 0 saturated carbocycles. The van der Waals surface area contributed by atoms with Crippen molar-refractivity contribution in [3.63, 3.8) is 0 Å². The number of nitrogens with zero attached hydrogens (tertiary/aromatic N) is 3. The van der Waals surface area contributed by atoms with Gasteiger partial charge in [-0.05, 0) is 36.8 Å². The Bertz CT molecular complexity index is 1320. The molecule has 0 unspecified atom stereocenters. The molecule has 0 aliphatic rings. The van der Waals surface area contributed by atoms with Crippen LogP contribution in [0.2, 0.25) is 0 Å². The first-order chi connectivity index (χ1) is 15.2. The fraction of sp³-hybridized carbons (Fsp3) is 0.0476. The van der Waals surface area contributed by atoms with Crippen LogP contribution in [0, 0.1) is 38.5 Å². The van der Waals surface area contributed by atoms with E-state index in [0.717, 1.165) is 24.3 Å². The molecule has 3 rings (SSSR count). The van der Waals surface area contributed by atoms with Crippen LogP contribution in [0.5, 0.6) is 5.75 Å². The smallest absolute Gasteiger partial charge is 0.280 e. The normalized spacial score (nSPS) is 10.9. The minimum absolute atomic E-state index is 0.0921. The molecule has 11 heteroatoms. The van der Waals surface area contributed by atoms with E-state index in [1.807, 2.05) is 0 Å². The zero-order valence-electron chi connectivity index (χ0n) is 16.4. The van der Waals surface area contributed by atoms with Crippen LogP contribution in [0.1, 0.15) is 11.3 Å². The summed E-state index contributed by atoms with van der Waals surface area (Å²) in [5.74, 6) is -1.17. The number of benzene rings is 2. The molecule has 160 valence electrons. The van der Waals surface area contributed by atoms with Gasteiger partial charge in [0.1, 0.15) is 28.9 Å². The highest BCUT2D eigenvalue weighted by atomic mass is 16.6. The predicted molar refractivity (Wildman–Crippen MR) is 113 cm³/mol. The van der Waals surface area contributed by atoms with Crippen molar-refractivity contribution < 1.29 is 24.2 Å². The monoisotopic (exact) mass is 434 g/mol. The van der Waals surface area contributed by atoms with E-state index in [1.54, 1.807) is 19.1 Å². The third kappa shape index (κ3) is 4.60. The van der Waals surface area contributed by atoms with Gasteiger partial charge in [-0.1, -0.05) is 6.07 Å². The molecule has 0 bridgehead atoms. The number of phenols is 1. The van der Waals surface area contributed by atoms with E-state index >= 15 is 0 Å². The second kappa shape index (κ2) is 8.80. The second-order valence-corrected chi connectivity index (χ2v) is 6.56. The van der Waals surface area contributed by atoms with Gasteiger partial charge in [-0.15, -0.1) is 0 Å². The first-order valence-corrected chi connectivity index (χ1v) is 8.95. The number of carbonyl (C=O) groups excluding carboxylic acids is 1. The van der Waals surface area contributed by atoms with E-state index in [0.29, 0.717) is 5.56 Å². The van der Waals surface area contributed by atoms with Gasteiger partial charge in [0.05, 0.1) is 27.2 Å². The maximum atomic E-state index is 12.4. The molecule has 0 spiro atoms. The lowest BCUT2D eigenvalue weighted by Crippen LogP contribution is -2.13. The van der Waals surface area contributed by atoms with E-state index in [9.17, 15) is 35.4 Å². The first kappa shape index (κ1) is 21.7. The van der Waals surface area contributed by atoms with Crippen molar-refractivity contribution in [2.45, 2.75) is 6.92 Å². The molecule has 1 amide bonds. The molecule has 1 aromatic heterocycles. The van der Waals surface area contributed by atoms with Gasteiger partial charge < -0.3 is 14.8 Å². The summed E-state index contributed by atoms with van der Waals surface area (Å²) in [7, 11) is 0. The summed E-state index contributed by atoms with van der Waals surface area (Å²) in [6.45, 7) is 1.72. The molecule has 0 saturated heterocycles. The lowest BCUT2D eigenvalue weighted by Gasteiger charge is -2.06. The second-order valence-electron chi connectivity index (χ2n) is 6.56. The van der Waals surface area contributed by atoms with Crippen LogP contribution in [0.25, 0.3) is 17.4 Å². The van der Waals surface area contributed by atoms with Gasteiger partial charge in [0.25, 0.3) is 17.3 Å². The number of aromatic hydroxyl groups is 1. The zero-order chi connectivity index (χ0) is 23.4. The number of nitrogens with one attached hydrogen (secondary N) is 1. The average molecular weight is 434 g/mol. The fourth-order valence-corrected chi connectivity index (χ4v) is 2.80. The number of aryl methyl sites for hydroxylation is 1. The van der Waals surface area contributed by atoms with Gasteiger partial charge in [-0.2, -0.15) is 5.26 Å². The minimum Gasteiger partial charge on any atom is -0.506 e. The Morgan fingerprint density at radius 1 is 1.12 bits per heavy atom. The van der Waals surface area contributed by atoms with Gasteiger partial charge >= 0.3 is 0 Å². The number of phenolic OH excluding ortho intramolecular Hbond substituents is 1. The lowest BCUT2D eigenvalue weighted by atomic mass is 10.1. The number of nitro groups is 2. The largest absolute Gasteiger partial charge is 0.506 e. The molecule has 3 aromatic rings. The maximum absolute atomic E-state index is 12.4. The van der Waals surface area contributed by atoms with Gasteiger partial charge in [0, 0.05) is 18.2 Å². The minimum atomic E-state index is -0.893. The van der Waals surface area contributed by atoms with E-state index < -0.39 is 21.5 Å². The molecule has 2 aromatic carbocycles. The van der Waals surface area contributed by atoms with Crippen LogP contribution >= 0.6 is 0 Å². The summed E-state index contributed by atoms with van der Waals surface area (Å²) >= 11 is 0. The number of nitriles is 1. The van der Waals surface area contributed by atoms with Crippen molar-refractivity contribution in [2.75, 3.05) is 5.32 Å². The summed E-state index contributed by atoms with van der Waals surface area (Å²) in [5, 5.41) is 43.5. The van der Waals surface area contributed by atoms with E-state index in [1.165, 1.54) is 24.3 Å². The molecule has 0 aliphatic heterocycles. The van der Waals surface area contributed by atoms with Crippen LogP contribution in [-0.4, -0.2) is 20.9 Å². The Morgan fingerprint density at radius 3 is 2.50 bits per heavy atom. The Morgan fingerprint density at radius 2 is 1.88 bits per heavy atom. The van der Waals surface area contributed by atoms with Crippen molar-refractivity contribution in [3.05, 3.63) is 85.7 Å². The highest BCUT2D eigenvalue weighted by Crippen LogP contribution is 2.33. The summed E-state index contributed by atoms with van der Waals surface area (Å²) < 4.78 is 5.56. The van der Waals surface area contributed by atoms with E-state index in [4.69, 9.17) is 4.42 Å². The average Bonchev–Trinajstić information content (AvgIpc) is 3.21. The fourth-order valence-electron chi connectivity index (χ4n) is 2.80. The van der Waals surface area contributed by atoms with Crippen molar-refractivity contribution >= 4 is 29.0 Å². The Balaban J connectivity index is 1.86. The third-order valence-corrected chi connectivity index (χ3v) is 4.33. The molecular formula is C21H14N4O7. The van der Waals surface area contributed by atoms with Crippen LogP contribution in [0.15, 0.2) is 58.5 Å². The van der Waals surface area contributed by atoms with Crippen molar-refractivity contribution in [3.8, 4) is 23.1 Å². The summed E-state index contributed by atoms with van der Waals surface area (Å²) in [5.41, 5.74) is -0.102. The van der Waals surface area contributed by atoms with Crippen LogP contribution < -0.4 is 5.32 Å². The van der Waals surface area contributed by atoms with E-state index in [-0.39, 0.29) is 39.7 Å². The number of hydrogen-bond acceptors (Lipinski definition) is 8. The molecule has 0 aliphatic carbocycles. The number of non-ortho nitro benzene ring substituents is 1. The number of nitro benzene ring substituents is 2. The first-order valence-electron chi connectivity index (χ1n) is 8.95. The van der Waals surface area contributed by atoms with Crippen molar-refractivity contribution in [2.24, 2.45) is 0 Å². The number of hydrogen-bond donors (Lipinski definition) is 2. The molecular weight excluding hydrogens is 420 g/mol. The standard InChI is InChI=1S/C21H14N4O7/c1-12-2-5-16(18(8-12)25(30)31)20-7-4-15(32-20)9-13(11-22)21(27)23-17-6-3-14(24(28)29)10-19(17)26/h2-10,26H,1H3,(H,23,27)/b13-9+. The Hall–Kier alpha value is -4.98. The van der Waals surface area contributed by atoms with Crippen molar-refractivity contribution in [1.82, 2.24) is 0 Å². The molecule has 2 N–H and O–H groups in total. The third-order valence-electron chi connectivity index (χ3n) is 4.33. The van der Waals surface area contributed by atoms with Crippen LogP contribution in [-0.2, 0) is 4.79 Å². The number of carbonyl (C=O) groups is 1. The number of furan rings is 1. The van der Waals surface area contributed by atoms with Crippen molar-refractivity contribution in [1.29, 1.82) is 5.26 Å². The number of anilines is 1. The highest BCUT2D eigenvalue weighted by molar-refractivity contribution is 6.10. The highest BCUT2D eigenvalue weighted by Gasteiger charge is 2.19. The summed E-state index contributed by atoms with van der Waals surface area (Å²) in [6, 6.07) is 12.3. The maximum Gasteiger partial charge on any atom is 0.280 e. The van der Waals surface area contributed by atoms with Gasteiger partial charge in [0.15, 0.2) is 0 Å². The number of rotatable bonds is 6. The topological polar surface area (TPSA) is 173 Å². The summed E-state index contributed by atoms with van der Waals surface area (Å²) in [6.07, 6.45) is 1.13. The number of amides is 1. The predicted octanol–water partition coefficient (Wildman–Crippen LogP) is 4.32. The molecule has 1 heterocycles. The van der Waals surface area contributed by atoms with Gasteiger partial charge in [-0.3, -0.25) is 25.0 Å².